The van der Waals surface area contributed by atoms with Crippen LogP contribution in [0.4, 0.5) is 26.1 Å². The van der Waals surface area contributed by atoms with E-state index in [2.05, 4.69) is 30.5 Å². The van der Waals surface area contributed by atoms with E-state index in [1.165, 1.54) is 12.3 Å². The van der Waals surface area contributed by atoms with Crippen LogP contribution in [0.5, 0.6) is 0 Å². The SMILES string of the molecule is CC(C)(N)c1ccnc2c(F)cc(-c3cc(Nc4ccc(N5CCNCC5)cn4)ncc3F)cc12. The van der Waals surface area contributed by atoms with E-state index < -0.39 is 17.2 Å². The highest BCUT2D eigenvalue weighted by molar-refractivity contribution is 5.88. The number of anilines is 3. The quantitative estimate of drug-likeness (QED) is 0.396. The highest BCUT2D eigenvalue weighted by Gasteiger charge is 2.21. The van der Waals surface area contributed by atoms with Gasteiger partial charge in [-0.3, -0.25) is 4.98 Å². The van der Waals surface area contributed by atoms with Crippen molar-refractivity contribution in [2.24, 2.45) is 5.73 Å². The first-order chi connectivity index (χ1) is 16.8. The molecule has 0 radical (unpaired) electrons. The molecule has 4 aromatic rings. The minimum Gasteiger partial charge on any atom is -0.368 e. The third-order valence-corrected chi connectivity index (χ3v) is 6.15. The van der Waals surface area contributed by atoms with Gasteiger partial charge in [-0.1, -0.05) is 0 Å². The van der Waals surface area contributed by atoms with Crippen molar-refractivity contribution in [2.45, 2.75) is 19.4 Å². The summed E-state index contributed by atoms with van der Waals surface area (Å²) < 4.78 is 29.8. The molecule has 0 amide bonds. The molecule has 7 nitrogen and oxygen atoms in total. The molecule has 4 N–H and O–H groups in total. The van der Waals surface area contributed by atoms with E-state index in [0.29, 0.717) is 22.6 Å². The average Bonchev–Trinajstić information content (AvgIpc) is 2.85. The summed E-state index contributed by atoms with van der Waals surface area (Å²) >= 11 is 0. The number of hydrogen-bond donors (Lipinski definition) is 3. The van der Waals surface area contributed by atoms with Crippen LogP contribution in [0.3, 0.4) is 0 Å². The maximum Gasteiger partial charge on any atom is 0.150 e. The zero-order valence-electron chi connectivity index (χ0n) is 19.6. The molecule has 35 heavy (non-hydrogen) atoms. The third kappa shape index (κ3) is 4.78. The summed E-state index contributed by atoms with van der Waals surface area (Å²) in [5.74, 6) is -0.127. The molecule has 0 atom stereocenters. The molecule has 0 bridgehead atoms. The van der Waals surface area contributed by atoms with E-state index in [1.54, 1.807) is 24.4 Å². The van der Waals surface area contributed by atoms with Crippen LogP contribution in [0.25, 0.3) is 22.0 Å². The lowest BCUT2D eigenvalue weighted by molar-refractivity contribution is 0.558. The molecule has 1 aromatic carbocycles. The van der Waals surface area contributed by atoms with Crippen molar-refractivity contribution < 1.29 is 8.78 Å². The lowest BCUT2D eigenvalue weighted by Gasteiger charge is -2.29. The van der Waals surface area contributed by atoms with Crippen molar-refractivity contribution in [1.82, 2.24) is 20.3 Å². The fraction of sp³-hybridized carbons (Fsp3) is 0.269. The average molecular weight is 476 g/mol. The van der Waals surface area contributed by atoms with E-state index in [-0.39, 0.29) is 11.1 Å². The summed E-state index contributed by atoms with van der Waals surface area (Å²) in [5.41, 5.74) is 8.14. The summed E-state index contributed by atoms with van der Waals surface area (Å²) in [6, 6.07) is 10.2. The molecule has 5 rings (SSSR count). The Bertz CT molecular complexity index is 1360. The van der Waals surface area contributed by atoms with Crippen molar-refractivity contribution in [1.29, 1.82) is 0 Å². The van der Waals surface area contributed by atoms with Crippen LogP contribution in [-0.4, -0.2) is 41.1 Å². The maximum absolute atomic E-state index is 15.0. The monoisotopic (exact) mass is 475 g/mol. The van der Waals surface area contributed by atoms with E-state index in [0.717, 1.165) is 43.6 Å². The van der Waals surface area contributed by atoms with Gasteiger partial charge >= 0.3 is 0 Å². The van der Waals surface area contributed by atoms with Crippen molar-refractivity contribution in [3.8, 4) is 11.1 Å². The van der Waals surface area contributed by atoms with E-state index in [9.17, 15) is 8.78 Å². The first-order valence-corrected chi connectivity index (χ1v) is 11.5. The van der Waals surface area contributed by atoms with E-state index in [4.69, 9.17) is 5.73 Å². The molecule has 180 valence electrons. The first-order valence-electron chi connectivity index (χ1n) is 11.5. The van der Waals surface area contributed by atoms with Crippen LogP contribution >= 0.6 is 0 Å². The molecule has 3 aromatic heterocycles. The Hall–Kier alpha value is -3.69. The number of nitrogens with one attached hydrogen (secondary N) is 2. The van der Waals surface area contributed by atoms with Crippen molar-refractivity contribution in [2.75, 3.05) is 36.4 Å². The molecular weight excluding hydrogens is 448 g/mol. The molecular formula is C26H27F2N7. The van der Waals surface area contributed by atoms with Crippen LogP contribution in [0.15, 0.2) is 55.0 Å². The second kappa shape index (κ2) is 9.16. The molecule has 9 heteroatoms. The molecule has 0 aliphatic carbocycles. The zero-order chi connectivity index (χ0) is 24.6. The van der Waals surface area contributed by atoms with Crippen LogP contribution < -0.4 is 21.3 Å². The predicted molar refractivity (Wildman–Crippen MR) is 135 cm³/mol. The minimum atomic E-state index is -0.724. The Morgan fingerprint density at radius 3 is 2.43 bits per heavy atom. The highest BCUT2D eigenvalue weighted by Crippen LogP contribution is 2.33. The molecule has 4 heterocycles. The van der Waals surface area contributed by atoms with Crippen LogP contribution in [-0.2, 0) is 5.54 Å². The number of aromatic nitrogens is 3. The number of piperazine rings is 1. The Kier molecular flexibility index (Phi) is 6.04. The molecule has 1 aliphatic heterocycles. The summed E-state index contributed by atoms with van der Waals surface area (Å²) in [6.07, 6.45) is 4.45. The second-order valence-electron chi connectivity index (χ2n) is 9.25. The summed E-state index contributed by atoms with van der Waals surface area (Å²) in [7, 11) is 0. The fourth-order valence-electron chi connectivity index (χ4n) is 4.36. The highest BCUT2D eigenvalue weighted by atomic mass is 19.1. The number of nitrogens with zero attached hydrogens (tertiary/aromatic N) is 4. The molecule has 1 fully saturated rings. The van der Waals surface area contributed by atoms with Crippen molar-refractivity contribution >= 4 is 28.2 Å². The van der Waals surface area contributed by atoms with Crippen LogP contribution in [0, 0.1) is 11.6 Å². The maximum atomic E-state index is 15.0. The van der Waals surface area contributed by atoms with Gasteiger partial charge in [0.1, 0.15) is 28.8 Å². The number of fused-ring (bicyclic) bond motifs is 1. The molecule has 0 saturated carbocycles. The molecule has 1 aliphatic rings. The number of pyridine rings is 3. The van der Waals surface area contributed by atoms with E-state index >= 15 is 0 Å². The zero-order valence-corrected chi connectivity index (χ0v) is 19.6. The largest absolute Gasteiger partial charge is 0.368 e. The predicted octanol–water partition coefficient (Wildman–Crippen LogP) is 4.32. The second-order valence-corrected chi connectivity index (χ2v) is 9.25. The lowest BCUT2D eigenvalue weighted by atomic mass is 9.91. The topological polar surface area (TPSA) is 92.0 Å². The van der Waals surface area contributed by atoms with Crippen molar-refractivity contribution in [3.05, 3.63) is 72.2 Å². The minimum absolute atomic E-state index is 0.200. The first kappa shape index (κ1) is 23.1. The number of benzene rings is 1. The fourth-order valence-corrected chi connectivity index (χ4v) is 4.36. The van der Waals surface area contributed by atoms with Gasteiger partial charge in [-0.15, -0.1) is 0 Å². The number of rotatable bonds is 5. The number of halogens is 2. The Morgan fingerprint density at radius 1 is 0.943 bits per heavy atom. The van der Waals surface area contributed by atoms with Gasteiger partial charge in [0, 0.05) is 48.9 Å². The van der Waals surface area contributed by atoms with Crippen LogP contribution in [0.2, 0.25) is 0 Å². The van der Waals surface area contributed by atoms with Gasteiger partial charge in [-0.25, -0.2) is 18.7 Å². The number of nitrogens with two attached hydrogens (primary N) is 1. The Labute approximate surface area is 202 Å². The van der Waals surface area contributed by atoms with Gasteiger partial charge in [-0.05, 0) is 61.4 Å². The molecule has 0 unspecified atom stereocenters. The van der Waals surface area contributed by atoms with Crippen LogP contribution in [0.1, 0.15) is 19.4 Å². The standard InChI is InChI=1S/C26H27F2N7/c1-26(2,29)20-5-6-31-25-19(20)11-16(12-21(25)27)18-13-24(33-15-22(18)28)34-23-4-3-17(14-32-23)35-9-7-30-8-10-35/h3-6,11-15,30H,7-10,29H2,1-2H3,(H,32,33,34). The number of hydrogen-bond acceptors (Lipinski definition) is 7. The smallest absolute Gasteiger partial charge is 0.150 e. The van der Waals surface area contributed by atoms with Gasteiger partial charge in [0.2, 0.25) is 0 Å². The molecule has 1 saturated heterocycles. The summed E-state index contributed by atoms with van der Waals surface area (Å²) in [6.45, 7) is 7.41. The van der Waals surface area contributed by atoms with Gasteiger partial charge in [0.15, 0.2) is 0 Å². The van der Waals surface area contributed by atoms with Gasteiger partial charge < -0.3 is 21.3 Å². The Balaban J connectivity index is 1.47. The Morgan fingerprint density at radius 2 is 1.71 bits per heavy atom. The third-order valence-electron chi connectivity index (χ3n) is 6.15. The molecule has 0 spiro atoms. The summed E-state index contributed by atoms with van der Waals surface area (Å²) in [5, 5.41) is 6.99. The normalized spacial score (nSPS) is 14.4. The van der Waals surface area contributed by atoms with Gasteiger partial charge in [-0.2, -0.15) is 0 Å². The summed E-state index contributed by atoms with van der Waals surface area (Å²) in [4.78, 5) is 15.0. The lowest BCUT2D eigenvalue weighted by Crippen LogP contribution is -2.43. The van der Waals surface area contributed by atoms with Gasteiger partial charge in [0.25, 0.3) is 0 Å². The van der Waals surface area contributed by atoms with Crippen molar-refractivity contribution in [3.63, 3.8) is 0 Å². The van der Waals surface area contributed by atoms with E-state index in [1.807, 2.05) is 26.0 Å². The van der Waals surface area contributed by atoms with Gasteiger partial charge in [0.05, 0.1) is 18.1 Å².